The fourth-order valence-electron chi connectivity index (χ4n) is 0.336. The lowest BCUT2D eigenvalue weighted by Crippen LogP contribution is -2.27. The van der Waals surface area contributed by atoms with Gasteiger partial charge in [-0.05, 0) is 13.8 Å². The van der Waals surface area contributed by atoms with E-state index in [0.717, 1.165) is 0 Å². The minimum atomic E-state index is -0.799. The molecule has 1 amide bonds. The number of carbonyl (C=O) groups is 2. The van der Waals surface area contributed by atoms with Crippen molar-refractivity contribution < 1.29 is 19.2 Å². The second-order valence-electron chi connectivity index (χ2n) is 1.99. The molecule has 0 spiro atoms. The monoisotopic (exact) mass is 173 g/mol. The first-order valence-electron chi connectivity index (χ1n) is 3.37. The molecule has 0 aliphatic heterocycles. The average molecular weight is 173 g/mol. The highest BCUT2D eigenvalue weighted by molar-refractivity contribution is 5.87. The summed E-state index contributed by atoms with van der Waals surface area (Å²) in [6.07, 6.45) is -0.799. The number of rotatable bonds is 2. The van der Waals surface area contributed by atoms with E-state index >= 15 is 0 Å². The molecule has 0 unspecified atom stereocenters. The lowest BCUT2D eigenvalue weighted by atomic mass is 10.4. The Morgan fingerprint density at radius 2 is 2.08 bits per heavy atom. The van der Waals surface area contributed by atoms with E-state index in [-0.39, 0.29) is 12.2 Å². The molecule has 0 aromatic heterocycles. The van der Waals surface area contributed by atoms with E-state index < -0.39 is 12.1 Å². The van der Waals surface area contributed by atoms with Gasteiger partial charge >= 0.3 is 12.1 Å². The van der Waals surface area contributed by atoms with Crippen molar-refractivity contribution in [1.82, 2.24) is 5.48 Å². The first kappa shape index (κ1) is 10.5. The maximum absolute atomic E-state index is 10.7. The maximum atomic E-state index is 10.7. The average Bonchev–Trinajstić information content (AvgIpc) is 2.00. The number of carbonyl (C=O) groups excluding carboxylic acids is 2. The predicted octanol–water partition coefficient (Wildman–Crippen LogP) is 0.767. The van der Waals surface area contributed by atoms with Gasteiger partial charge in [0.1, 0.15) is 0 Å². The highest BCUT2D eigenvalue weighted by Gasteiger charge is 2.06. The molecule has 0 atom stereocenters. The Morgan fingerprint density at radius 3 is 2.50 bits per heavy atom. The number of hydroxylamine groups is 1. The van der Waals surface area contributed by atoms with Crippen LogP contribution in [0.2, 0.25) is 0 Å². The van der Waals surface area contributed by atoms with Crippen molar-refractivity contribution in [3.05, 3.63) is 12.2 Å². The molecule has 5 heteroatoms. The molecule has 0 bridgehead atoms. The molecule has 0 aromatic carbocycles. The third-order valence-electron chi connectivity index (χ3n) is 0.851. The van der Waals surface area contributed by atoms with Crippen molar-refractivity contribution in [3.63, 3.8) is 0 Å². The molecule has 1 N–H and O–H groups in total. The lowest BCUT2D eigenvalue weighted by Gasteiger charge is -2.04. The largest absolute Gasteiger partial charge is 0.448 e. The van der Waals surface area contributed by atoms with Crippen LogP contribution in [0.1, 0.15) is 13.8 Å². The summed E-state index contributed by atoms with van der Waals surface area (Å²) in [5.41, 5.74) is 1.99. The van der Waals surface area contributed by atoms with Crippen molar-refractivity contribution in [2.45, 2.75) is 13.8 Å². The number of amides is 1. The standard InChI is InChI=1S/C7H11NO4/c1-4-11-7(10)8-12-6(9)5(2)3/h2,4H2,1,3H3,(H,8,10). The van der Waals surface area contributed by atoms with Gasteiger partial charge in [-0.1, -0.05) is 6.58 Å². The number of hydrogen-bond donors (Lipinski definition) is 1. The minimum absolute atomic E-state index is 0.201. The second kappa shape index (κ2) is 5.17. The van der Waals surface area contributed by atoms with Gasteiger partial charge in [-0.2, -0.15) is 0 Å². The topological polar surface area (TPSA) is 64.6 Å². The summed E-state index contributed by atoms with van der Waals surface area (Å²) in [6, 6.07) is 0. The minimum Gasteiger partial charge on any atom is -0.448 e. The van der Waals surface area contributed by atoms with E-state index in [1.165, 1.54) is 6.92 Å². The fourth-order valence-corrected chi connectivity index (χ4v) is 0.336. The van der Waals surface area contributed by atoms with Crippen LogP contribution in [0, 0.1) is 0 Å². The SMILES string of the molecule is C=C(C)C(=O)ONC(=O)OCC. The third kappa shape index (κ3) is 4.32. The van der Waals surface area contributed by atoms with Crippen molar-refractivity contribution in [1.29, 1.82) is 0 Å². The Hall–Kier alpha value is -1.52. The highest BCUT2D eigenvalue weighted by atomic mass is 16.7. The van der Waals surface area contributed by atoms with Crippen LogP contribution in [0.5, 0.6) is 0 Å². The van der Waals surface area contributed by atoms with Gasteiger partial charge in [-0.3, -0.25) is 0 Å². The Bertz CT molecular complexity index is 200. The van der Waals surface area contributed by atoms with E-state index in [1.807, 2.05) is 0 Å². The normalized spacial score (nSPS) is 8.50. The third-order valence-corrected chi connectivity index (χ3v) is 0.851. The Kier molecular flexibility index (Phi) is 4.52. The van der Waals surface area contributed by atoms with Gasteiger partial charge < -0.3 is 9.57 Å². The molecule has 0 heterocycles. The summed E-state index contributed by atoms with van der Waals surface area (Å²) in [7, 11) is 0. The zero-order valence-corrected chi connectivity index (χ0v) is 7.05. The van der Waals surface area contributed by atoms with Crippen molar-refractivity contribution in [2.75, 3.05) is 6.61 Å². The molecule has 0 aromatic rings. The summed E-state index contributed by atoms with van der Waals surface area (Å²) in [5.74, 6) is -0.692. The predicted molar refractivity (Wildman–Crippen MR) is 41.1 cm³/mol. The summed E-state index contributed by atoms with van der Waals surface area (Å²) in [5, 5.41) is 0. The van der Waals surface area contributed by atoms with Gasteiger partial charge in [0.2, 0.25) is 0 Å². The smallest absolute Gasteiger partial charge is 0.440 e. The van der Waals surface area contributed by atoms with E-state index in [1.54, 1.807) is 12.4 Å². The number of nitrogens with one attached hydrogen (secondary N) is 1. The van der Waals surface area contributed by atoms with Crippen LogP contribution in [0.4, 0.5) is 4.79 Å². The molecule has 0 rings (SSSR count). The Labute approximate surface area is 70.3 Å². The van der Waals surface area contributed by atoms with Crippen LogP contribution in [-0.2, 0) is 14.4 Å². The van der Waals surface area contributed by atoms with Crippen LogP contribution in [0.25, 0.3) is 0 Å². The maximum Gasteiger partial charge on any atom is 0.440 e. The second-order valence-corrected chi connectivity index (χ2v) is 1.99. The molecule has 0 saturated heterocycles. The van der Waals surface area contributed by atoms with E-state index in [4.69, 9.17) is 0 Å². The lowest BCUT2D eigenvalue weighted by molar-refractivity contribution is -0.144. The quantitative estimate of drug-likeness (QED) is 0.494. The Balaban J connectivity index is 3.61. The Morgan fingerprint density at radius 1 is 1.50 bits per heavy atom. The van der Waals surface area contributed by atoms with Gasteiger partial charge in [0.25, 0.3) is 0 Å². The summed E-state index contributed by atoms with van der Waals surface area (Å²) >= 11 is 0. The zero-order chi connectivity index (χ0) is 9.56. The number of hydrogen-bond acceptors (Lipinski definition) is 4. The van der Waals surface area contributed by atoms with E-state index in [9.17, 15) is 9.59 Å². The van der Waals surface area contributed by atoms with Crippen LogP contribution < -0.4 is 5.48 Å². The van der Waals surface area contributed by atoms with Crippen LogP contribution in [-0.4, -0.2) is 18.7 Å². The fraction of sp³-hybridized carbons (Fsp3) is 0.429. The molecule has 0 aliphatic rings. The van der Waals surface area contributed by atoms with Crippen molar-refractivity contribution in [3.8, 4) is 0 Å². The first-order chi connectivity index (χ1) is 5.57. The van der Waals surface area contributed by atoms with E-state index in [2.05, 4.69) is 16.2 Å². The van der Waals surface area contributed by atoms with Crippen LogP contribution in [0.3, 0.4) is 0 Å². The highest BCUT2D eigenvalue weighted by Crippen LogP contribution is 1.89. The van der Waals surface area contributed by atoms with Gasteiger partial charge in [-0.15, -0.1) is 5.48 Å². The summed E-state index contributed by atoms with van der Waals surface area (Å²) < 4.78 is 4.42. The molecule has 5 nitrogen and oxygen atoms in total. The van der Waals surface area contributed by atoms with Crippen molar-refractivity contribution >= 4 is 12.1 Å². The van der Waals surface area contributed by atoms with E-state index in [0.29, 0.717) is 0 Å². The number of ether oxygens (including phenoxy) is 1. The summed E-state index contributed by atoms with van der Waals surface area (Å²) in [4.78, 5) is 25.4. The molecular formula is C7H11NO4. The molecule has 0 radical (unpaired) electrons. The van der Waals surface area contributed by atoms with Crippen molar-refractivity contribution in [2.24, 2.45) is 0 Å². The molecule has 0 aliphatic carbocycles. The molecular weight excluding hydrogens is 162 g/mol. The van der Waals surface area contributed by atoms with Gasteiger partial charge in [0.05, 0.1) is 6.61 Å². The van der Waals surface area contributed by atoms with Gasteiger partial charge in [0, 0.05) is 5.57 Å². The summed E-state index contributed by atoms with van der Waals surface area (Å²) in [6.45, 7) is 6.64. The van der Waals surface area contributed by atoms with Crippen LogP contribution in [0.15, 0.2) is 12.2 Å². The molecule has 0 fully saturated rings. The molecule has 68 valence electrons. The molecule has 12 heavy (non-hydrogen) atoms. The zero-order valence-electron chi connectivity index (χ0n) is 7.05. The first-order valence-corrected chi connectivity index (χ1v) is 3.37. The van der Waals surface area contributed by atoms with Gasteiger partial charge in [0.15, 0.2) is 0 Å². The van der Waals surface area contributed by atoms with Gasteiger partial charge in [-0.25, -0.2) is 9.59 Å². The van der Waals surface area contributed by atoms with Crippen LogP contribution >= 0.6 is 0 Å². The molecule has 0 saturated carbocycles.